The Morgan fingerprint density at radius 2 is 2.60 bits per heavy atom. The fourth-order valence-electron chi connectivity index (χ4n) is 0.241. The second-order valence-electron chi connectivity index (χ2n) is 0.874. The molecular formula is C2H4BO2. The highest BCUT2D eigenvalue weighted by atomic mass is 17.2. The van der Waals surface area contributed by atoms with Gasteiger partial charge in [0.2, 0.25) is 0 Å². The van der Waals surface area contributed by atoms with Crippen molar-refractivity contribution >= 4 is 7.48 Å². The Morgan fingerprint density at radius 1 is 1.60 bits per heavy atom. The predicted octanol–water partition coefficient (Wildman–Crippen LogP) is -0.0143. The maximum Gasteiger partial charge on any atom is 0.346 e. The molecule has 0 aromatic heterocycles. The summed E-state index contributed by atoms with van der Waals surface area (Å²) < 4.78 is 0. The third-order valence-electron chi connectivity index (χ3n) is 0.455. The average Bonchev–Trinajstić information content (AvgIpc) is 1.76. The van der Waals surface area contributed by atoms with Crippen LogP contribution < -0.4 is 0 Å². The van der Waals surface area contributed by atoms with Gasteiger partial charge in [0.15, 0.2) is 0 Å². The first-order valence-corrected chi connectivity index (χ1v) is 1.60. The van der Waals surface area contributed by atoms with Gasteiger partial charge in [-0.05, 0) is 6.32 Å². The topological polar surface area (TPSA) is 18.5 Å². The lowest BCUT2D eigenvalue weighted by Crippen LogP contribution is -1.78. The minimum Gasteiger partial charge on any atom is -0.311 e. The summed E-state index contributed by atoms with van der Waals surface area (Å²) in [7, 11) is 1.64. The second kappa shape index (κ2) is 1.43. The lowest BCUT2D eigenvalue weighted by atomic mass is 9.99. The normalized spacial score (nSPS) is 22.4. The van der Waals surface area contributed by atoms with Crippen LogP contribution in [0.25, 0.3) is 0 Å². The van der Waals surface area contributed by atoms with Gasteiger partial charge in [0.05, 0.1) is 6.61 Å². The Kier molecular flexibility index (Phi) is 0.910. The van der Waals surface area contributed by atoms with Gasteiger partial charge in [-0.15, -0.1) is 0 Å². The summed E-state index contributed by atoms with van der Waals surface area (Å²) in [5.41, 5.74) is 0. The third kappa shape index (κ3) is 0.632. The van der Waals surface area contributed by atoms with Crippen LogP contribution in [0.5, 0.6) is 0 Å². The minimum absolute atomic E-state index is 0.722. The molecule has 3 heteroatoms. The average molecular weight is 70.9 g/mol. The quantitative estimate of drug-likeness (QED) is 0.295. The fraction of sp³-hybridized carbons (Fsp3) is 1.00. The van der Waals surface area contributed by atoms with Gasteiger partial charge in [0, 0.05) is 0 Å². The van der Waals surface area contributed by atoms with Crippen LogP contribution in [-0.2, 0) is 9.69 Å². The molecule has 5 heavy (non-hydrogen) atoms. The zero-order valence-corrected chi connectivity index (χ0v) is 2.81. The molecule has 0 aromatic carbocycles. The van der Waals surface area contributed by atoms with Gasteiger partial charge in [-0.25, -0.2) is 0 Å². The Bertz CT molecular complexity index is 19.2. The highest BCUT2D eigenvalue weighted by Gasteiger charge is 2.00. The summed E-state index contributed by atoms with van der Waals surface area (Å²) in [5, 5.41) is 0. The summed E-state index contributed by atoms with van der Waals surface area (Å²) in [6.07, 6.45) is 0.931. The van der Waals surface area contributed by atoms with Gasteiger partial charge in [0.1, 0.15) is 0 Å². The van der Waals surface area contributed by atoms with E-state index in [1.54, 1.807) is 7.48 Å². The molecule has 0 atom stereocenters. The molecule has 2 nitrogen and oxygen atoms in total. The van der Waals surface area contributed by atoms with Crippen LogP contribution in [0.2, 0.25) is 6.32 Å². The van der Waals surface area contributed by atoms with Crippen molar-refractivity contribution in [3.05, 3.63) is 0 Å². The highest BCUT2D eigenvalue weighted by Crippen LogP contribution is 1.91. The fourth-order valence-corrected chi connectivity index (χ4v) is 0.241. The van der Waals surface area contributed by atoms with Crippen molar-refractivity contribution in [3.63, 3.8) is 0 Å². The lowest BCUT2D eigenvalue weighted by molar-refractivity contribution is -0.181. The van der Waals surface area contributed by atoms with Gasteiger partial charge >= 0.3 is 7.48 Å². The first-order chi connectivity index (χ1) is 2.50. The molecule has 1 radical (unpaired) electrons. The van der Waals surface area contributed by atoms with E-state index >= 15 is 0 Å². The van der Waals surface area contributed by atoms with E-state index in [9.17, 15) is 0 Å². The molecular weight excluding hydrogens is 66.8 g/mol. The molecule has 1 aliphatic heterocycles. The van der Waals surface area contributed by atoms with Crippen molar-refractivity contribution in [2.24, 2.45) is 0 Å². The molecule has 0 saturated carbocycles. The van der Waals surface area contributed by atoms with E-state index in [4.69, 9.17) is 0 Å². The highest BCUT2D eigenvalue weighted by molar-refractivity contribution is 6.27. The molecule has 0 spiro atoms. The van der Waals surface area contributed by atoms with Crippen molar-refractivity contribution in [1.82, 2.24) is 0 Å². The lowest BCUT2D eigenvalue weighted by Gasteiger charge is -1.79. The molecule has 0 amide bonds. The third-order valence-corrected chi connectivity index (χ3v) is 0.455. The largest absolute Gasteiger partial charge is 0.346 e. The Hall–Kier alpha value is -0.0151. The maximum atomic E-state index is 4.39. The minimum atomic E-state index is 0.722. The van der Waals surface area contributed by atoms with E-state index in [0.717, 1.165) is 12.9 Å². The van der Waals surface area contributed by atoms with Crippen molar-refractivity contribution in [2.75, 3.05) is 6.61 Å². The number of rotatable bonds is 0. The molecule has 1 rings (SSSR count). The first kappa shape index (κ1) is 3.19. The molecule has 27 valence electrons. The molecule has 0 aromatic rings. The summed E-state index contributed by atoms with van der Waals surface area (Å²) in [6.45, 7) is 0.722. The summed E-state index contributed by atoms with van der Waals surface area (Å²) in [4.78, 5) is 8.71. The number of hydrogen-bond donors (Lipinski definition) is 0. The van der Waals surface area contributed by atoms with Crippen molar-refractivity contribution in [1.29, 1.82) is 0 Å². The Labute approximate surface area is 31.3 Å². The summed E-state index contributed by atoms with van der Waals surface area (Å²) in [5.74, 6) is 0. The standard InChI is InChI=1S/C2H4BO2/c1-2-4-5-3-1/h1-2H2. The summed E-state index contributed by atoms with van der Waals surface area (Å²) in [6, 6.07) is 0. The van der Waals surface area contributed by atoms with E-state index in [0.29, 0.717) is 0 Å². The van der Waals surface area contributed by atoms with Gasteiger partial charge in [-0.2, -0.15) is 0 Å². The van der Waals surface area contributed by atoms with Gasteiger partial charge in [-0.3, -0.25) is 4.89 Å². The predicted molar refractivity (Wildman–Crippen MR) is 17.6 cm³/mol. The van der Waals surface area contributed by atoms with Crippen molar-refractivity contribution < 1.29 is 9.69 Å². The van der Waals surface area contributed by atoms with Crippen LogP contribution in [0, 0.1) is 0 Å². The van der Waals surface area contributed by atoms with Crippen LogP contribution in [0.3, 0.4) is 0 Å². The molecule has 1 fully saturated rings. The van der Waals surface area contributed by atoms with Crippen LogP contribution in [0.15, 0.2) is 0 Å². The molecule has 0 unspecified atom stereocenters. The SMILES string of the molecule is [B]1CCOO1. The number of hydrogen-bond acceptors (Lipinski definition) is 2. The van der Waals surface area contributed by atoms with Crippen molar-refractivity contribution in [3.8, 4) is 0 Å². The van der Waals surface area contributed by atoms with Crippen LogP contribution in [0.1, 0.15) is 0 Å². The van der Waals surface area contributed by atoms with Crippen molar-refractivity contribution in [2.45, 2.75) is 6.32 Å². The van der Waals surface area contributed by atoms with Crippen LogP contribution in [-0.4, -0.2) is 14.1 Å². The molecule has 0 N–H and O–H groups in total. The van der Waals surface area contributed by atoms with Crippen LogP contribution in [0.4, 0.5) is 0 Å². The van der Waals surface area contributed by atoms with Gasteiger partial charge in [-0.1, -0.05) is 0 Å². The summed E-state index contributed by atoms with van der Waals surface area (Å²) >= 11 is 0. The van der Waals surface area contributed by atoms with Gasteiger partial charge in [0.25, 0.3) is 0 Å². The van der Waals surface area contributed by atoms with E-state index in [2.05, 4.69) is 9.69 Å². The Morgan fingerprint density at radius 3 is 2.80 bits per heavy atom. The van der Waals surface area contributed by atoms with E-state index in [1.165, 1.54) is 0 Å². The zero-order chi connectivity index (χ0) is 3.54. The van der Waals surface area contributed by atoms with E-state index in [1.807, 2.05) is 0 Å². The molecule has 0 bridgehead atoms. The smallest absolute Gasteiger partial charge is 0.311 e. The van der Waals surface area contributed by atoms with Gasteiger partial charge < -0.3 is 4.81 Å². The van der Waals surface area contributed by atoms with E-state index < -0.39 is 0 Å². The maximum absolute atomic E-state index is 4.39. The van der Waals surface area contributed by atoms with Crippen LogP contribution >= 0.6 is 0 Å². The molecule has 1 heterocycles. The van der Waals surface area contributed by atoms with E-state index in [-0.39, 0.29) is 0 Å². The molecule has 1 saturated heterocycles. The Balaban J connectivity index is 2.08. The molecule has 0 aliphatic carbocycles. The first-order valence-electron chi connectivity index (χ1n) is 1.60. The zero-order valence-electron chi connectivity index (χ0n) is 2.81. The molecule has 1 aliphatic rings. The second-order valence-corrected chi connectivity index (χ2v) is 0.874. The monoisotopic (exact) mass is 71.0 g/mol.